The summed E-state index contributed by atoms with van der Waals surface area (Å²) in [6.07, 6.45) is 2.59. The second kappa shape index (κ2) is 10.3. The number of nitrogens with one attached hydrogen (secondary N) is 1. The van der Waals surface area contributed by atoms with Crippen LogP contribution in [0.5, 0.6) is 5.75 Å². The van der Waals surface area contributed by atoms with Gasteiger partial charge in [0.2, 0.25) is 0 Å². The van der Waals surface area contributed by atoms with Crippen LogP contribution < -0.4 is 10.1 Å². The van der Waals surface area contributed by atoms with Crippen molar-refractivity contribution in [3.05, 3.63) is 78.9 Å². The van der Waals surface area contributed by atoms with Crippen molar-refractivity contribution in [2.24, 2.45) is 0 Å². The van der Waals surface area contributed by atoms with Crippen molar-refractivity contribution >= 4 is 19.4 Å². The number of hydrogen-bond acceptors (Lipinski definition) is 7. The smallest absolute Gasteiger partial charge is 0.406 e. The maximum absolute atomic E-state index is 12.8. The number of pyridine rings is 1. The molecular formula is C21H18F3N7O2S. The fourth-order valence-electron chi connectivity index (χ4n) is 3.02. The molecule has 3 aromatic heterocycles. The van der Waals surface area contributed by atoms with Gasteiger partial charge in [-0.2, -0.15) is 23.3 Å². The van der Waals surface area contributed by atoms with Crippen molar-refractivity contribution in [3.63, 3.8) is 0 Å². The molecule has 13 heteroatoms. The summed E-state index contributed by atoms with van der Waals surface area (Å²) in [5, 5.41) is 6.93. The van der Waals surface area contributed by atoms with E-state index in [1.165, 1.54) is 47.7 Å². The number of nitrogens with zero attached hydrogens (tertiary/aromatic N) is 6. The van der Waals surface area contributed by atoms with Gasteiger partial charge in [0.1, 0.15) is 12.1 Å². The second-order valence-electron chi connectivity index (χ2n) is 6.81. The zero-order valence-electron chi connectivity index (χ0n) is 17.6. The number of halogens is 3. The molecule has 1 atom stereocenters. The van der Waals surface area contributed by atoms with Crippen LogP contribution in [-0.2, 0) is 0 Å². The van der Waals surface area contributed by atoms with Crippen LogP contribution in [0.15, 0.2) is 67.5 Å². The van der Waals surface area contributed by atoms with Gasteiger partial charge in [0, 0.05) is 30.4 Å². The molecule has 0 unspecified atom stereocenters. The van der Waals surface area contributed by atoms with Gasteiger partial charge < -0.3 is 10.1 Å². The van der Waals surface area contributed by atoms with Crippen molar-refractivity contribution in [2.45, 2.75) is 19.3 Å². The van der Waals surface area contributed by atoms with Gasteiger partial charge in [-0.3, -0.25) is 9.78 Å². The standard InChI is InChI=1S/C21H16F3N7O2.H2S/c1-13(18-28-12-29-31(18)20-26-7-2-8-27-20)30-19(32)16-9-15(10-25-11-16)14-3-5-17(6-4-14)33-21(22,23)24;/h2-13H,1H3,(H,30,32);1H2/t13-;/m1./s1. The first-order valence-electron chi connectivity index (χ1n) is 9.59. The van der Waals surface area contributed by atoms with Crippen molar-refractivity contribution in [1.82, 2.24) is 35.0 Å². The third-order valence-electron chi connectivity index (χ3n) is 4.47. The summed E-state index contributed by atoms with van der Waals surface area (Å²) >= 11 is 0. The number of carbonyl (C=O) groups excluding carboxylic acids is 1. The molecule has 34 heavy (non-hydrogen) atoms. The fraction of sp³-hybridized carbons (Fsp3) is 0.143. The summed E-state index contributed by atoms with van der Waals surface area (Å²) in [6.45, 7) is 1.73. The number of rotatable bonds is 6. The van der Waals surface area contributed by atoms with Crippen molar-refractivity contribution in [1.29, 1.82) is 0 Å². The number of hydrogen-bond donors (Lipinski definition) is 1. The van der Waals surface area contributed by atoms with E-state index < -0.39 is 18.3 Å². The lowest BCUT2D eigenvalue weighted by molar-refractivity contribution is -0.274. The number of aromatic nitrogens is 6. The molecule has 0 radical (unpaired) electrons. The van der Waals surface area contributed by atoms with Gasteiger partial charge in [-0.15, -0.1) is 13.2 Å². The van der Waals surface area contributed by atoms with Crippen LogP contribution in [0.3, 0.4) is 0 Å². The SMILES string of the molecule is C[C@@H](NC(=O)c1cncc(-c2ccc(OC(F)(F)F)cc2)c1)c1ncnn1-c1ncccn1.S. The molecule has 1 N–H and O–H groups in total. The predicted molar refractivity (Wildman–Crippen MR) is 120 cm³/mol. The van der Waals surface area contributed by atoms with Gasteiger partial charge in [0.15, 0.2) is 5.82 Å². The molecule has 1 aromatic carbocycles. The van der Waals surface area contributed by atoms with Gasteiger partial charge in [0.05, 0.1) is 11.6 Å². The fourth-order valence-corrected chi connectivity index (χ4v) is 3.02. The molecule has 0 saturated carbocycles. The Bertz CT molecular complexity index is 1250. The molecule has 4 aromatic rings. The molecule has 9 nitrogen and oxygen atoms in total. The molecule has 3 heterocycles. The molecular weight excluding hydrogens is 471 g/mol. The first-order chi connectivity index (χ1) is 15.8. The van der Waals surface area contributed by atoms with Crippen LogP contribution in [0.1, 0.15) is 29.1 Å². The molecule has 0 aliphatic carbocycles. The topological polar surface area (TPSA) is 108 Å². The van der Waals surface area contributed by atoms with E-state index in [4.69, 9.17) is 0 Å². The number of amides is 1. The number of alkyl halides is 3. The highest BCUT2D eigenvalue weighted by atomic mass is 32.1. The highest BCUT2D eigenvalue weighted by Crippen LogP contribution is 2.26. The Morgan fingerprint density at radius 3 is 2.44 bits per heavy atom. The molecule has 0 aliphatic rings. The minimum Gasteiger partial charge on any atom is -0.406 e. The molecule has 0 saturated heterocycles. The Hall–Kier alpha value is -4.00. The average Bonchev–Trinajstić information content (AvgIpc) is 3.29. The van der Waals surface area contributed by atoms with Gasteiger partial charge in [0.25, 0.3) is 11.9 Å². The summed E-state index contributed by atoms with van der Waals surface area (Å²) in [5.41, 5.74) is 1.38. The first kappa shape index (κ1) is 24.6. The highest BCUT2D eigenvalue weighted by Gasteiger charge is 2.31. The van der Waals surface area contributed by atoms with Crippen LogP contribution in [0.4, 0.5) is 13.2 Å². The number of ether oxygens (including phenoxy) is 1. The Labute approximate surface area is 198 Å². The van der Waals surface area contributed by atoms with Crippen molar-refractivity contribution in [3.8, 4) is 22.8 Å². The lowest BCUT2D eigenvalue weighted by Crippen LogP contribution is -2.29. The van der Waals surface area contributed by atoms with E-state index in [-0.39, 0.29) is 24.8 Å². The number of benzene rings is 1. The summed E-state index contributed by atoms with van der Waals surface area (Å²) in [4.78, 5) is 29.3. The lowest BCUT2D eigenvalue weighted by Gasteiger charge is -2.14. The molecule has 0 spiro atoms. The van der Waals surface area contributed by atoms with E-state index in [1.807, 2.05) is 0 Å². The van der Waals surface area contributed by atoms with E-state index in [0.717, 1.165) is 0 Å². The Morgan fingerprint density at radius 1 is 1.06 bits per heavy atom. The van der Waals surface area contributed by atoms with Crippen LogP contribution in [0.2, 0.25) is 0 Å². The Balaban J connectivity index is 0.00000324. The highest BCUT2D eigenvalue weighted by molar-refractivity contribution is 7.59. The van der Waals surface area contributed by atoms with E-state index in [1.54, 1.807) is 31.5 Å². The second-order valence-corrected chi connectivity index (χ2v) is 6.81. The maximum atomic E-state index is 12.8. The summed E-state index contributed by atoms with van der Waals surface area (Å²) in [6, 6.07) is 8.00. The first-order valence-corrected chi connectivity index (χ1v) is 9.59. The van der Waals surface area contributed by atoms with E-state index in [0.29, 0.717) is 22.9 Å². The average molecular weight is 489 g/mol. The summed E-state index contributed by atoms with van der Waals surface area (Å²) in [7, 11) is 0. The molecule has 0 bridgehead atoms. The summed E-state index contributed by atoms with van der Waals surface area (Å²) in [5.74, 6) is -0.0162. The molecule has 0 fully saturated rings. The minimum absolute atomic E-state index is 0. The quantitative estimate of drug-likeness (QED) is 0.441. The van der Waals surface area contributed by atoms with Crippen molar-refractivity contribution < 1.29 is 22.7 Å². The predicted octanol–water partition coefficient (Wildman–Crippen LogP) is 3.62. The van der Waals surface area contributed by atoms with E-state index in [2.05, 4.69) is 35.1 Å². The monoisotopic (exact) mass is 489 g/mol. The maximum Gasteiger partial charge on any atom is 0.573 e. The number of carbonyl (C=O) groups is 1. The van der Waals surface area contributed by atoms with Crippen molar-refractivity contribution in [2.75, 3.05) is 0 Å². The zero-order chi connectivity index (χ0) is 23.4. The zero-order valence-corrected chi connectivity index (χ0v) is 18.6. The van der Waals surface area contributed by atoms with E-state index >= 15 is 0 Å². The largest absolute Gasteiger partial charge is 0.573 e. The van der Waals surface area contributed by atoms with Crippen LogP contribution in [0.25, 0.3) is 17.1 Å². The molecule has 1 amide bonds. The lowest BCUT2D eigenvalue weighted by atomic mass is 10.1. The normalized spacial score (nSPS) is 11.9. The van der Waals surface area contributed by atoms with Gasteiger partial charge >= 0.3 is 6.36 Å². The van der Waals surface area contributed by atoms with Gasteiger partial charge in [-0.25, -0.2) is 15.0 Å². The van der Waals surface area contributed by atoms with E-state index in [9.17, 15) is 18.0 Å². The Morgan fingerprint density at radius 2 is 1.76 bits per heavy atom. The third kappa shape index (κ3) is 5.86. The Kier molecular flexibility index (Phi) is 7.46. The molecule has 176 valence electrons. The minimum atomic E-state index is -4.77. The molecule has 4 rings (SSSR count). The van der Waals surface area contributed by atoms with Gasteiger partial charge in [-0.1, -0.05) is 12.1 Å². The summed E-state index contributed by atoms with van der Waals surface area (Å²) < 4.78 is 42.3. The molecule has 0 aliphatic heterocycles. The van der Waals surface area contributed by atoms with Crippen LogP contribution in [0, 0.1) is 0 Å². The third-order valence-corrected chi connectivity index (χ3v) is 4.47. The van der Waals surface area contributed by atoms with Crippen LogP contribution >= 0.6 is 13.5 Å². The van der Waals surface area contributed by atoms with Crippen LogP contribution in [-0.4, -0.2) is 42.0 Å². The van der Waals surface area contributed by atoms with Gasteiger partial charge in [-0.05, 0) is 36.8 Å².